The maximum Gasteiger partial charge on any atom is 0.126 e. The Labute approximate surface area is 55.6 Å². The molecule has 0 radical (unpaired) electrons. The highest BCUT2D eigenvalue weighted by Gasteiger charge is 2.07. The second kappa shape index (κ2) is 4.47. The smallest absolute Gasteiger partial charge is 0.126 e. The molecule has 0 spiro atoms. The topological polar surface area (TPSA) is 55.1 Å². The second-order valence-electron chi connectivity index (χ2n) is 2.26. The van der Waals surface area contributed by atoms with Crippen molar-refractivity contribution in [3.05, 3.63) is 0 Å². The Kier molecular flexibility index (Phi) is 4.26. The van der Waals surface area contributed by atoms with E-state index in [4.69, 9.17) is 5.73 Å². The highest BCUT2D eigenvalue weighted by molar-refractivity contribution is 5.72. The number of nitrogens with two attached hydrogens (primary N) is 1. The first-order valence-electron chi connectivity index (χ1n) is 3.09. The number of hydrogen-bond acceptors (Lipinski definition) is 3. The number of carbonyl (C=O) groups is 1. The lowest BCUT2D eigenvalue weighted by Gasteiger charge is -2.21. The van der Waals surface area contributed by atoms with E-state index >= 15 is 0 Å². The summed E-state index contributed by atoms with van der Waals surface area (Å²) < 4.78 is 0. The minimum atomic E-state index is 0.167. The highest BCUT2D eigenvalue weighted by Crippen LogP contribution is 1.90. The quantitative estimate of drug-likeness (QED) is 0.480. The summed E-state index contributed by atoms with van der Waals surface area (Å²) in [5.41, 5.74) is 5.27. The molecule has 3 N–H and O–H groups in total. The van der Waals surface area contributed by atoms with Gasteiger partial charge in [0.25, 0.3) is 0 Å². The number of ketones is 1. The van der Waals surface area contributed by atoms with Crippen molar-refractivity contribution >= 4 is 5.78 Å². The van der Waals surface area contributed by atoms with Crippen LogP contribution in [0.3, 0.4) is 0 Å². The molecule has 54 valence electrons. The summed E-state index contributed by atoms with van der Waals surface area (Å²) in [6.07, 6.45) is 1.47. The van der Waals surface area contributed by atoms with E-state index in [-0.39, 0.29) is 5.78 Å². The summed E-state index contributed by atoms with van der Waals surface area (Å²) in [5.74, 6) is 0.167. The fourth-order valence-corrected chi connectivity index (χ4v) is 0.311. The molecule has 0 aromatic heterocycles. The van der Waals surface area contributed by atoms with Gasteiger partial charge < -0.3 is 15.8 Å². The second-order valence-corrected chi connectivity index (χ2v) is 2.26. The molecule has 0 saturated carbocycles. The van der Waals surface area contributed by atoms with E-state index < -0.39 is 0 Å². The van der Waals surface area contributed by atoms with Gasteiger partial charge in [0.15, 0.2) is 0 Å². The zero-order chi connectivity index (χ0) is 7.28. The largest absolute Gasteiger partial charge is 0.316 e. The maximum absolute atomic E-state index is 9.44. The van der Waals surface area contributed by atoms with E-state index in [9.17, 15) is 4.79 Å². The molecule has 1 aliphatic heterocycles. The zero-order valence-corrected chi connectivity index (χ0v) is 5.98. The van der Waals surface area contributed by atoms with Gasteiger partial charge in [-0.1, -0.05) is 0 Å². The number of nitrogens with one attached hydrogen (secondary N) is 1. The van der Waals surface area contributed by atoms with Crippen molar-refractivity contribution in [1.82, 2.24) is 5.32 Å². The summed E-state index contributed by atoms with van der Waals surface area (Å²) in [6.45, 7) is 4.17. The molecule has 0 amide bonds. The number of hydrogen-bond donors (Lipinski definition) is 2. The lowest BCUT2D eigenvalue weighted by atomic mass is 10.2. The van der Waals surface area contributed by atoms with Gasteiger partial charge in [-0.3, -0.25) is 0 Å². The first kappa shape index (κ1) is 8.59. The van der Waals surface area contributed by atoms with Crippen LogP contribution in [0.5, 0.6) is 0 Å². The van der Waals surface area contributed by atoms with Crippen LogP contribution in [0.4, 0.5) is 0 Å². The fourth-order valence-electron chi connectivity index (χ4n) is 0.311. The van der Waals surface area contributed by atoms with E-state index in [0.29, 0.717) is 6.17 Å². The minimum absolute atomic E-state index is 0.167. The van der Waals surface area contributed by atoms with Gasteiger partial charge in [0, 0.05) is 0 Å². The first-order chi connectivity index (χ1) is 4.13. The van der Waals surface area contributed by atoms with Gasteiger partial charge in [-0.25, -0.2) is 0 Å². The highest BCUT2D eigenvalue weighted by atomic mass is 16.1. The summed E-state index contributed by atoms with van der Waals surface area (Å²) in [4.78, 5) is 9.44. The van der Waals surface area contributed by atoms with Crippen molar-refractivity contribution in [2.24, 2.45) is 5.73 Å². The lowest BCUT2D eigenvalue weighted by molar-refractivity contribution is -0.114. The molecule has 1 fully saturated rings. The third kappa shape index (κ3) is 7.59. The molecule has 1 unspecified atom stereocenters. The third-order valence-electron chi connectivity index (χ3n) is 0.862. The van der Waals surface area contributed by atoms with Crippen LogP contribution < -0.4 is 11.1 Å². The molecule has 1 saturated heterocycles. The van der Waals surface area contributed by atoms with Gasteiger partial charge in [-0.2, -0.15) is 0 Å². The van der Waals surface area contributed by atoms with Crippen molar-refractivity contribution in [3.8, 4) is 0 Å². The summed E-state index contributed by atoms with van der Waals surface area (Å²) in [7, 11) is 0. The van der Waals surface area contributed by atoms with Crippen LogP contribution in [0.2, 0.25) is 0 Å². The van der Waals surface area contributed by atoms with E-state index in [0.717, 1.165) is 13.0 Å². The minimum Gasteiger partial charge on any atom is -0.316 e. The first-order valence-corrected chi connectivity index (χ1v) is 3.09. The molecule has 9 heavy (non-hydrogen) atoms. The van der Waals surface area contributed by atoms with Crippen LogP contribution in [-0.4, -0.2) is 18.5 Å². The molecule has 0 aromatic rings. The van der Waals surface area contributed by atoms with Crippen molar-refractivity contribution in [1.29, 1.82) is 0 Å². The Morgan fingerprint density at radius 1 is 1.67 bits per heavy atom. The Morgan fingerprint density at radius 3 is 1.89 bits per heavy atom. The predicted molar refractivity (Wildman–Crippen MR) is 37.0 cm³/mol. The van der Waals surface area contributed by atoms with E-state index in [2.05, 4.69) is 5.32 Å². The number of rotatable bonds is 0. The predicted octanol–water partition coefficient (Wildman–Crippen LogP) is -0.140. The standard InChI is InChI=1S/C3H8N2.C3H6O/c4-3-1-2-5-3;1-3(2)4/h3,5H,1-2,4H2;1-2H3. The average molecular weight is 130 g/mol. The SMILES string of the molecule is CC(C)=O.NC1CCN1. The van der Waals surface area contributed by atoms with E-state index in [1.807, 2.05) is 0 Å². The summed E-state index contributed by atoms with van der Waals surface area (Å²) in [6, 6.07) is 0. The van der Waals surface area contributed by atoms with Gasteiger partial charge in [-0.05, 0) is 26.8 Å². The van der Waals surface area contributed by atoms with Gasteiger partial charge in [-0.15, -0.1) is 0 Å². The Hall–Kier alpha value is -0.410. The molecule has 1 atom stereocenters. The van der Waals surface area contributed by atoms with Crippen LogP contribution >= 0.6 is 0 Å². The Morgan fingerprint density at radius 2 is 1.89 bits per heavy atom. The zero-order valence-electron chi connectivity index (χ0n) is 5.98. The van der Waals surface area contributed by atoms with Crippen molar-refractivity contribution in [2.75, 3.05) is 6.54 Å². The van der Waals surface area contributed by atoms with E-state index in [1.165, 1.54) is 13.8 Å². The molecular formula is C6H14N2O. The molecule has 0 bridgehead atoms. The van der Waals surface area contributed by atoms with Crippen LogP contribution in [0.25, 0.3) is 0 Å². The van der Waals surface area contributed by atoms with Gasteiger partial charge in [0.1, 0.15) is 5.78 Å². The Bertz CT molecular complexity index is 85.1. The molecule has 0 aromatic carbocycles. The van der Waals surface area contributed by atoms with Gasteiger partial charge in [0.2, 0.25) is 0 Å². The van der Waals surface area contributed by atoms with Crippen LogP contribution in [-0.2, 0) is 4.79 Å². The number of Topliss-reactive ketones (excluding diaryl/α,β-unsaturated/α-hetero) is 1. The third-order valence-corrected chi connectivity index (χ3v) is 0.862. The van der Waals surface area contributed by atoms with Crippen LogP contribution in [0.1, 0.15) is 20.3 Å². The van der Waals surface area contributed by atoms with Gasteiger partial charge in [0.05, 0.1) is 6.17 Å². The maximum atomic E-state index is 9.44. The molecule has 1 heterocycles. The van der Waals surface area contributed by atoms with Crippen LogP contribution in [0, 0.1) is 0 Å². The molecule has 3 heteroatoms. The molecule has 3 nitrogen and oxygen atoms in total. The lowest BCUT2D eigenvalue weighted by Crippen LogP contribution is -2.49. The Balaban J connectivity index is 0.000000148. The molecule has 1 rings (SSSR count). The monoisotopic (exact) mass is 130 g/mol. The van der Waals surface area contributed by atoms with Gasteiger partial charge >= 0.3 is 0 Å². The molecule has 1 aliphatic rings. The van der Waals surface area contributed by atoms with Crippen molar-refractivity contribution in [3.63, 3.8) is 0 Å². The van der Waals surface area contributed by atoms with Crippen LogP contribution in [0.15, 0.2) is 0 Å². The normalized spacial score (nSPS) is 23.2. The van der Waals surface area contributed by atoms with Crippen molar-refractivity contribution in [2.45, 2.75) is 26.4 Å². The number of carbonyl (C=O) groups excluding carboxylic acids is 1. The average Bonchev–Trinajstić information content (AvgIpc) is 1.59. The molecule has 0 aliphatic carbocycles. The summed E-state index contributed by atoms with van der Waals surface area (Å²) in [5, 5.41) is 2.99. The van der Waals surface area contributed by atoms with E-state index in [1.54, 1.807) is 0 Å². The fraction of sp³-hybridized carbons (Fsp3) is 0.833. The summed E-state index contributed by atoms with van der Waals surface area (Å²) >= 11 is 0. The molecular weight excluding hydrogens is 116 g/mol. The van der Waals surface area contributed by atoms with Crippen molar-refractivity contribution < 1.29 is 4.79 Å².